The summed E-state index contributed by atoms with van der Waals surface area (Å²) in [6.45, 7) is 4.38. The van der Waals surface area contributed by atoms with Gasteiger partial charge in [0.2, 0.25) is 0 Å². The smallest absolute Gasteiger partial charge is 0.186 e. The van der Waals surface area contributed by atoms with E-state index in [2.05, 4.69) is 15.7 Å². The van der Waals surface area contributed by atoms with E-state index in [-0.39, 0.29) is 5.78 Å². The van der Waals surface area contributed by atoms with E-state index < -0.39 is 0 Å². The van der Waals surface area contributed by atoms with Gasteiger partial charge in [-0.2, -0.15) is 5.10 Å². The Kier molecular flexibility index (Phi) is 4.44. The lowest BCUT2D eigenvalue weighted by molar-refractivity contribution is -0.115. The number of halogens is 1. The minimum Gasteiger partial charge on any atom is -0.296 e. The molecule has 0 amide bonds. The molecule has 4 nitrogen and oxygen atoms in total. The van der Waals surface area contributed by atoms with Gasteiger partial charge in [0.25, 0.3) is 0 Å². The van der Waals surface area contributed by atoms with E-state index in [4.69, 9.17) is 11.6 Å². The maximum absolute atomic E-state index is 12.3. The molecule has 0 spiro atoms. The van der Waals surface area contributed by atoms with Crippen molar-refractivity contribution >= 4 is 29.3 Å². The molecule has 1 aromatic rings. The largest absolute Gasteiger partial charge is 0.296 e. The molecule has 2 heterocycles. The van der Waals surface area contributed by atoms with Crippen LogP contribution in [0.4, 0.5) is 5.69 Å². The molecule has 0 bridgehead atoms. The molecule has 22 heavy (non-hydrogen) atoms. The Morgan fingerprint density at radius 2 is 1.95 bits per heavy atom. The van der Waals surface area contributed by atoms with Gasteiger partial charge >= 0.3 is 0 Å². The second-order valence-corrected chi connectivity index (χ2v) is 6.00. The van der Waals surface area contributed by atoms with Crippen molar-refractivity contribution in [3.63, 3.8) is 0 Å². The third-order valence-electron chi connectivity index (χ3n) is 3.87. The minimum absolute atomic E-state index is 0.0840. The van der Waals surface area contributed by atoms with Gasteiger partial charge in [-0.25, -0.2) is 5.01 Å². The zero-order valence-corrected chi connectivity index (χ0v) is 13.3. The first kappa shape index (κ1) is 15.0. The van der Waals surface area contributed by atoms with Crippen molar-refractivity contribution in [2.24, 2.45) is 5.10 Å². The van der Waals surface area contributed by atoms with Crippen molar-refractivity contribution in [3.8, 4) is 0 Å². The summed E-state index contributed by atoms with van der Waals surface area (Å²) in [6.07, 6.45) is 3.96. The average molecular weight is 316 g/mol. The zero-order valence-electron chi connectivity index (χ0n) is 12.6. The van der Waals surface area contributed by atoms with E-state index in [0.29, 0.717) is 17.1 Å². The first-order valence-corrected chi connectivity index (χ1v) is 7.84. The molecular formula is C17H18ClN3O. The van der Waals surface area contributed by atoms with E-state index in [1.807, 2.05) is 31.2 Å². The van der Waals surface area contributed by atoms with E-state index in [9.17, 15) is 4.79 Å². The molecule has 0 aromatic heterocycles. The van der Waals surface area contributed by atoms with Crippen LogP contribution in [0.1, 0.15) is 19.8 Å². The van der Waals surface area contributed by atoms with Crippen LogP contribution in [0.2, 0.25) is 5.02 Å². The summed E-state index contributed by atoms with van der Waals surface area (Å²) < 4.78 is 0. The van der Waals surface area contributed by atoms with Crippen molar-refractivity contribution in [2.45, 2.75) is 19.8 Å². The average Bonchev–Trinajstić information content (AvgIpc) is 3.01. The number of nitrogens with zero attached hydrogens (tertiary/aromatic N) is 3. The third-order valence-corrected chi connectivity index (χ3v) is 4.13. The quantitative estimate of drug-likeness (QED) is 0.800. The molecule has 1 fully saturated rings. The molecule has 3 rings (SSSR count). The number of ketones is 1. The summed E-state index contributed by atoms with van der Waals surface area (Å²) in [5.41, 5.74) is 5.40. The van der Waals surface area contributed by atoms with Crippen molar-refractivity contribution < 1.29 is 4.79 Å². The summed E-state index contributed by atoms with van der Waals surface area (Å²) in [6, 6.07) is 7.42. The molecule has 1 aromatic carbocycles. The molecule has 0 atom stereocenters. The Balaban J connectivity index is 1.77. The highest BCUT2D eigenvalue weighted by molar-refractivity contribution is 6.30. The van der Waals surface area contributed by atoms with Gasteiger partial charge in [-0.05, 0) is 57.1 Å². The number of hydrogen-bond acceptors (Lipinski definition) is 4. The molecular weight excluding hydrogens is 298 g/mol. The molecule has 1 saturated heterocycles. The lowest BCUT2D eigenvalue weighted by Gasteiger charge is -2.21. The van der Waals surface area contributed by atoms with E-state index in [1.165, 1.54) is 12.8 Å². The number of Topliss-reactive ketones (excluding diaryl/α,β-unsaturated/α-hetero) is 1. The fourth-order valence-electron chi connectivity index (χ4n) is 2.70. The Labute approximate surface area is 135 Å². The van der Waals surface area contributed by atoms with Crippen molar-refractivity contribution in [1.29, 1.82) is 0 Å². The summed E-state index contributed by atoms with van der Waals surface area (Å²) in [7, 11) is 0. The van der Waals surface area contributed by atoms with Crippen LogP contribution in [0.5, 0.6) is 0 Å². The third kappa shape index (κ3) is 3.30. The number of carbonyl (C=O) groups is 1. The zero-order chi connectivity index (χ0) is 15.5. The van der Waals surface area contributed by atoms with Gasteiger partial charge in [-0.15, -0.1) is 0 Å². The molecule has 114 valence electrons. The van der Waals surface area contributed by atoms with Crippen LogP contribution >= 0.6 is 11.6 Å². The number of hydrogen-bond donors (Lipinski definition) is 0. The maximum atomic E-state index is 12.3. The van der Waals surface area contributed by atoms with Gasteiger partial charge < -0.3 is 0 Å². The van der Waals surface area contributed by atoms with Crippen LogP contribution in [0, 0.1) is 0 Å². The predicted molar refractivity (Wildman–Crippen MR) is 89.3 cm³/mol. The Hall–Kier alpha value is -1.87. The molecule has 0 N–H and O–H groups in total. The number of rotatable bonds is 4. The van der Waals surface area contributed by atoms with E-state index >= 15 is 0 Å². The molecule has 0 saturated carbocycles. The Morgan fingerprint density at radius 1 is 1.27 bits per heavy atom. The summed E-state index contributed by atoms with van der Waals surface area (Å²) in [5.74, 6) is 0.0840. The Morgan fingerprint density at radius 3 is 2.59 bits per heavy atom. The number of benzene rings is 1. The van der Waals surface area contributed by atoms with Gasteiger partial charge in [0, 0.05) is 5.02 Å². The molecule has 0 radical (unpaired) electrons. The van der Waals surface area contributed by atoms with E-state index in [1.54, 1.807) is 11.2 Å². The standard InChI is InChI=1S/C17H18ClN3O/c1-13-10-14(17(22)12-20-8-2-3-9-20)11-19-21(13)16-6-4-15(18)5-7-16/h4-7,11H,2-3,8-9,12H2,1H3. The van der Waals surface area contributed by atoms with Gasteiger partial charge in [0.1, 0.15) is 0 Å². The van der Waals surface area contributed by atoms with Gasteiger partial charge in [0.15, 0.2) is 5.78 Å². The number of anilines is 1. The summed E-state index contributed by atoms with van der Waals surface area (Å²) in [5, 5.41) is 6.81. The van der Waals surface area contributed by atoms with Gasteiger partial charge in [-0.1, -0.05) is 17.3 Å². The lowest BCUT2D eigenvalue weighted by Crippen LogP contribution is -2.29. The molecule has 0 unspecified atom stereocenters. The van der Waals surface area contributed by atoms with Crippen LogP contribution < -0.4 is 5.01 Å². The maximum Gasteiger partial charge on any atom is 0.186 e. The second-order valence-electron chi connectivity index (χ2n) is 5.56. The Bertz CT molecular complexity index is 666. The number of hydrazone groups is 1. The predicted octanol–water partition coefficient (Wildman–Crippen LogP) is 3.24. The van der Waals surface area contributed by atoms with Gasteiger partial charge in [0.05, 0.1) is 29.7 Å². The lowest BCUT2D eigenvalue weighted by atomic mass is 10.1. The van der Waals surface area contributed by atoms with Crippen molar-refractivity contribution in [3.05, 3.63) is 46.3 Å². The number of carbonyl (C=O) groups excluding carboxylic acids is 1. The summed E-state index contributed by atoms with van der Waals surface area (Å²) in [4.78, 5) is 14.5. The fraction of sp³-hybridized carbons (Fsp3) is 0.353. The fourth-order valence-corrected chi connectivity index (χ4v) is 2.82. The molecule has 0 aliphatic carbocycles. The van der Waals surface area contributed by atoms with Crippen LogP contribution in [-0.4, -0.2) is 36.5 Å². The van der Waals surface area contributed by atoms with Crippen LogP contribution in [0.3, 0.4) is 0 Å². The highest BCUT2D eigenvalue weighted by Crippen LogP contribution is 2.23. The van der Waals surface area contributed by atoms with E-state index in [0.717, 1.165) is 24.5 Å². The highest BCUT2D eigenvalue weighted by atomic mass is 35.5. The number of likely N-dealkylation sites (tertiary alicyclic amines) is 1. The molecule has 5 heteroatoms. The highest BCUT2D eigenvalue weighted by Gasteiger charge is 2.19. The monoisotopic (exact) mass is 315 g/mol. The van der Waals surface area contributed by atoms with Crippen molar-refractivity contribution in [1.82, 2.24) is 4.90 Å². The molecule has 2 aliphatic rings. The van der Waals surface area contributed by atoms with Crippen LogP contribution in [0.25, 0.3) is 0 Å². The first-order valence-electron chi connectivity index (χ1n) is 7.46. The topological polar surface area (TPSA) is 35.9 Å². The normalized spacial score (nSPS) is 18.4. The van der Waals surface area contributed by atoms with Gasteiger partial charge in [-0.3, -0.25) is 9.69 Å². The minimum atomic E-state index is 0.0840. The van der Waals surface area contributed by atoms with Crippen LogP contribution in [0.15, 0.2) is 46.4 Å². The van der Waals surface area contributed by atoms with Crippen LogP contribution in [-0.2, 0) is 4.79 Å². The SMILES string of the molecule is CC1=C=C(C(=O)CN2CCCC2)C=NN1c1ccc(Cl)cc1. The molecule has 2 aliphatic heterocycles. The summed E-state index contributed by atoms with van der Waals surface area (Å²) >= 11 is 5.90. The second kappa shape index (κ2) is 6.49. The van der Waals surface area contributed by atoms with Crippen molar-refractivity contribution in [2.75, 3.05) is 24.6 Å². The first-order chi connectivity index (χ1) is 10.6.